The van der Waals surface area contributed by atoms with Gasteiger partial charge in [0, 0.05) is 13.1 Å². The molecule has 1 aromatic carbocycles. The standard InChI is InChI=1S/C14H15N3O2/c1-2-16-9-14(19)17(10-13(16)18)8-12-5-3-4-11(6-12)7-15/h3-6H,2,8-10H2,1H3. The molecule has 1 saturated heterocycles. The van der Waals surface area contributed by atoms with E-state index >= 15 is 0 Å². The van der Waals surface area contributed by atoms with E-state index in [1.54, 1.807) is 23.1 Å². The number of hydrogen-bond acceptors (Lipinski definition) is 3. The highest BCUT2D eigenvalue weighted by Gasteiger charge is 2.28. The average molecular weight is 257 g/mol. The summed E-state index contributed by atoms with van der Waals surface area (Å²) in [4.78, 5) is 26.8. The second kappa shape index (κ2) is 5.53. The van der Waals surface area contributed by atoms with E-state index in [-0.39, 0.29) is 24.9 Å². The van der Waals surface area contributed by atoms with Crippen LogP contribution in [0.15, 0.2) is 24.3 Å². The van der Waals surface area contributed by atoms with Crippen LogP contribution in [0, 0.1) is 11.3 Å². The van der Waals surface area contributed by atoms with Crippen LogP contribution >= 0.6 is 0 Å². The first-order valence-corrected chi connectivity index (χ1v) is 6.18. The molecule has 0 bridgehead atoms. The summed E-state index contributed by atoms with van der Waals surface area (Å²) < 4.78 is 0. The number of likely N-dealkylation sites (N-methyl/N-ethyl adjacent to an activating group) is 1. The van der Waals surface area contributed by atoms with Crippen molar-refractivity contribution >= 4 is 11.8 Å². The van der Waals surface area contributed by atoms with Crippen LogP contribution in [-0.2, 0) is 16.1 Å². The van der Waals surface area contributed by atoms with E-state index in [2.05, 4.69) is 6.07 Å². The van der Waals surface area contributed by atoms with Gasteiger partial charge in [-0.2, -0.15) is 5.26 Å². The number of carbonyl (C=O) groups excluding carboxylic acids is 2. The van der Waals surface area contributed by atoms with Gasteiger partial charge in [0.25, 0.3) is 0 Å². The molecule has 0 saturated carbocycles. The summed E-state index contributed by atoms with van der Waals surface area (Å²) in [5.41, 5.74) is 1.42. The Morgan fingerprint density at radius 3 is 2.58 bits per heavy atom. The van der Waals surface area contributed by atoms with Gasteiger partial charge in [-0.3, -0.25) is 9.59 Å². The number of carbonyl (C=O) groups is 2. The maximum Gasteiger partial charge on any atom is 0.242 e. The Balaban J connectivity index is 2.09. The lowest BCUT2D eigenvalue weighted by atomic mass is 10.1. The maximum absolute atomic E-state index is 11.9. The lowest BCUT2D eigenvalue weighted by molar-refractivity contribution is -0.150. The molecule has 19 heavy (non-hydrogen) atoms. The molecule has 1 aliphatic rings. The molecular formula is C14H15N3O2. The molecule has 5 nitrogen and oxygen atoms in total. The van der Waals surface area contributed by atoms with Crippen molar-refractivity contribution in [3.63, 3.8) is 0 Å². The highest BCUT2D eigenvalue weighted by Crippen LogP contribution is 2.11. The molecule has 1 aliphatic heterocycles. The van der Waals surface area contributed by atoms with Crippen LogP contribution in [0.5, 0.6) is 0 Å². The van der Waals surface area contributed by atoms with Gasteiger partial charge < -0.3 is 9.80 Å². The predicted octanol–water partition coefficient (Wildman–Crippen LogP) is 0.749. The fourth-order valence-corrected chi connectivity index (χ4v) is 2.09. The summed E-state index contributed by atoms with van der Waals surface area (Å²) in [6.07, 6.45) is 0. The van der Waals surface area contributed by atoms with Gasteiger partial charge in [0.1, 0.15) is 6.54 Å². The maximum atomic E-state index is 11.9. The zero-order chi connectivity index (χ0) is 13.8. The lowest BCUT2D eigenvalue weighted by Gasteiger charge is -2.33. The van der Waals surface area contributed by atoms with Crippen LogP contribution in [0.1, 0.15) is 18.1 Å². The van der Waals surface area contributed by atoms with Gasteiger partial charge in [0.05, 0.1) is 18.2 Å². The Labute approximate surface area is 112 Å². The van der Waals surface area contributed by atoms with Gasteiger partial charge in [-0.25, -0.2) is 0 Å². The molecule has 0 N–H and O–H groups in total. The number of amides is 2. The lowest BCUT2D eigenvalue weighted by Crippen LogP contribution is -2.53. The first kappa shape index (κ1) is 13.1. The van der Waals surface area contributed by atoms with Crippen LogP contribution in [0.2, 0.25) is 0 Å². The molecular weight excluding hydrogens is 242 g/mol. The van der Waals surface area contributed by atoms with E-state index in [4.69, 9.17) is 5.26 Å². The van der Waals surface area contributed by atoms with E-state index in [0.717, 1.165) is 5.56 Å². The van der Waals surface area contributed by atoms with Crippen LogP contribution in [-0.4, -0.2) is 41.2 Å². The van der Waals surface area contributed by atoms with E-state index in [9.17, 15) is 9.59 Å². The molecule has 0 unspecified atom stereocenters. The summed E-state index contributed by atoms with van der Waals surface area (Å²) in [7, 11) is 0. The molecule has 5 heteroatoms. The van der Waals surface area contributed by atoms with Crippen molar-refractivity contribution in [2.24, 2.45) is 0 Å². The number of nitrogens with zero attached hydrogens (tertiary/aromatic N) is 3. The van der Waals surface area contributed by atoms with Crippen molar-refractivity contribution in [3.05, 3.63) is 35.4 Å². The fourth-order valence-electron chi connectivity index (χ4n) is 2.09. The van der Waals surface area contributed by atoms with Gasteiger partial charge >= 0.3 is 0 Å². The number of benzene rings is 1. The zero-order valence-corrected chi connectivity index (χ0v) is 10.8. The third kappa shape index (κ3) is 2.91. The molecule has 2 rings (SSSR count). The molecule has 0 aliphatic carbocycles. The van der Waals surface area contributed by atoms with Crippen molar-refractivity contribution in [1.82, 2.24) is 9.80 Å². The van der Waals surface area contributed by atoms with Gasteiger partial charge in [-0.1, -0.05) is 12.1 Å². The van der Waals surface area contributed by atoms with Crippen molar-refractivity contribution in [2.45, 2.75) is 13.5 Å². The van der Waals surface area contributed by atoms with Crippen LogP contribution < -0.4 is 0 Å². The Bertz CT molecular complexity index is 548. The SMILES string of the molecule is CCN1CC(=O)N(Cc2cccc(C#N)c2)CC1=O. The molecule has 98 valence electrons. The molecule has 1 aromatic rings. The van der Waals surface area contributed by atoms with Gasteiger partial charge in [-0.05, 0) is 24.6 Å². The summed E-state index contributed by atoms with van der Waals surface area (Å²) >= 11 is 0. The van der Waals surface area contributed by atoms with E-state index in [1.807, 2.05) is 13.0 Å². The van der Waals surface area contributed by atoms with Gasteiger partial charge in [-0.15, -0.1) is 0 Å². The highest BCUT2D eigenvalue weighted by molar-refractivity contribution is 5.92. The molecule has 0 aromatic heterocycles. The minimum Gasteiger partial charge on any atom is -0.332 e. The van der Waals surface area contributed by atoms with E-state index < -0.39 is 0 Å². The summed E-state index contributed by atoms with van der Waals surface area (Å²) in [5.74, 6) is -0.0812. The Hall–Kier alpha value is -2.35. The Morgan fingerprint density at radius 1 is 1.21 bits per heavy atom. The van der Waals surface area contributed by atoms with Crippen molar-refractivity contribution < 1.29 is 9.59 Å². The monoisotopic (exact) mass is 257 g/mol. The van der Waals surface area contributed by atoms with E-state index in [1.165, 1.54) is 4.90 Å². The first-order valence-electron chi connectivity index (χ1n) is 6.18. The predicted molar refractivity (Wildman–Crippen MR) is 68.8 cm³/mol. The van der Waals surface area contributed by atoms with Crippen molar-refractivity contribution in [3.8, 4) is 6.07 Å². The largest absolute Gasteiger partial charge is 0.332 e. The van der Waals surface area contributed by atoms with Crippen LogP contribution in [0.4, 0.5) is 0 Å². The summed E-state index contributed by atoms with van der Waals surface area (Å²) in [5, 5.41) is 8.84. The average Bonchev–Trinajstić information content (AvgIpc) is 2.42. The first-order chi connectivity index (χ1) is 9.13. The molecule has 0 radical (unpaired) electrons. The van der Waals surface area contributed by atoms with Crippen molar-refractivity contribution in [1.29, 1.82) is 5.26 Å². The summed E-state index contributed by atoms with van der Waals surface area (Å²) in [6, 6.07) is 9.15. The second-order valence-corrected chi connectivity index (χ2v) is 4.47. The van der Waals surface area contributed by atoms with Gasteiger partial charge in [0.15, 0.2) is 0 Å². The third-order valence-electron chi connectivity index (χ3n) is 3.17. The molecule has 0 atom stereocenters. The Morgan fingerprint density at radius 2 is 1.89 bits per heavy atom. The van der Waals surface area contributed by atoms with E-state index in [0.29, 0.717) is 18.7 Å². The Kier molecular flexibility index (Phi) is 3.81. The normalized spacial score (nSPS) is 15.6. The van der Waals surface area contributed by atoms with Gasteiger partial charge in [0.2, 0.25) is 11.8 Å². The smallest absolute Gasteiger partial charge is 0.242 e. The fraction of sp³-hybridized carbons (Fsp3) is 0.357. The van der Waals surface area contributed by atoms with Crippen LogP contribution in [0.3, 0.4) is 0 Å². The quantitative estimate of drug-likeness (QED) is 0.802. The molecule has 0 spiro atoms. The highest BCUT2D eigenvalue weighted by atomic mass is 16.2. The van der Waals surface area contributed by atoms with Crippen LogP contribution in [0.25, 0.3) is 0 Å². The summed E-state index contributed by atoms with van der Waals surface area (Å²) in [6.45, 7) is 3.05. The molecule has 1 fully saturated rings. The molecule has 1 heterocycles. The number of piperazine rings is 1. The zero-order valence-electron chi connectivity index (χ0n) is 10.8. The number of nitriles is 1. The minimum atomic E-state index is -0.0520. The second-order valence-electron chi connectivity index (χ2n) is 4.47. The third-order valence-corrected chi connectivity index (χ3v) is 3.17. The van der Waals surface area contributed by atoms with Crippen molar-refractivity contribution in [2.75, 3.05) is 19.6 Å². The molecule has 2 amide bonds. The topological polar surface area (TPSA) is 64.4 Å². The minimum absolute atomic E-state index is 0.0291. The number of hydrogen-bond donors (Lipinski definition) is 0. The number of rotatable bonds is 3.